The van der Waals surface area contributed by atoms with Crippen LogP contribution in [0.1, 0.15) is 11.1 Å². The van der Waals surface area contributed by atoms with Crippen LogP contribution in [0.3, 0.4) is 0 Å². The molecule has 2 aromatic rings. The molecular weight excluding hydrogens is 336 g/mol. The van der Waals surface area contributed by atoms with Crippen molar-refractivity contribution < 1.29 is 9.59 Å². The number of amides is 4. The van der Waals surface area contributed by atoms with E-state index in [-0.39, 0.29) is 0 Å². The maximum Gasteiger partial charge on any atom is 0.349 e. The molecule has 0 bridgehead atoms. The number of nitrogens with zero attached hydrogens (tertiary/aromatic N) is 2. The van der Waals surface area contributed by atoms with Crippen LogP contribution in [0, 0.1) is 0 Å². The lowest BCUT2D eigenvalue weighted by molar-refractivity contribution is 0.240. The second-order valence-electron chi connectivity index (χ2n) is 4.82. The minimum atomic E-state index is -0.710. The molecule has 4 amide bonds. The Kier molecular flexibility index (Phi) is 6.80. The van der Waals surface area contributed by atoms with E-state index in [1.54, 1.807) is 48.5 Å². The van der Waals surface area contributed by atoms with Crippen molar-refractivity contribution in [1.29, 1.82) is 0 Å². The molecule has 0 heterocycles. The summed E-state index contributed by atoms with van der Waals surface area (Å²) >= 11 is 0. The molecule has 0 aliphatic rings. The number of hydrogen-bond acceptors (Lipinski definition) is 6. The van der Waals surface area contributed by atoms with Gasteiger partial charge >= 0.3 is 12.1 Å². The molecule has 0 aromatic heterocycles. The maximum atomic E-state index is 11.4. The van der Waals surface area contributed by atoms with Gasteiger partial charge in [-0.1, -0.05) is 60.7 Å². The van der Waals surface area contributed by atoms with Crippen molar-refractivity contribution in [2.75, 3.05) is 0 Å². The Morgan fingerprint density at radius 3 is 1.31 bits per heavy atom. The van der Waals surface area contributed by atoms with Gasteiger partial charge in [0.25, 0.3) is 0 Å². The molecule has 8 N–H and O–H groups in total. The lowest BCUT2D eigenvalue weighted by atomic mass is 10.00. The van der Waals surface area contributed by atoms with Crippen LogP contribution < -0.4 is 33.4 Å². The largest absolute Gasteiger partial charge is 0.349 e. The van der Waals surface area contributed by atoms with Crippen molar-refractivity contribution in [3.63, 3.8) is 0 Å². The molecule has 0 aliphatic heterocycles. The SMILES string of the molecule is NNC(=O)N/N=C(/C(=N/NC(=O)NN)c1ccccc1)c1ccccc1. The van der Waals surface area contributed by atoms with Crippen LogP contribution in [0.4, 0.5) is 9.59 Å². The summed E-state index contributed by atoms with van der Waals surface area (Å²) in [6, 6.07) is 16.6. The minimum Gasteiger partial charge on any atom is -0.274 e. The van der Waals surface area contributed by atoms with Crippen molar-refractivity contribution in [2.24, 2.45) is 21.9 Å². The van der Waals surface area contributed by atoms with Crippen LogP contribution in [-0.4, -0.2) is 23.5 Å². The van der Waals surface area contributed by atoms with Crippen LogP contribution in [-0.2, 0) is 0 Å². The first-order chi connectivity index (χ1) is 12.7. The number of benzene rings is 2. The fourth-order valence-electron chi connectivity index (χ4n) is 1.98. The summed E-state index contributed by atoms with van der Waals surface area (Å²) in [5, 5.41) is 8.17. The summed E-state index contributed by atoms with van der Waals surface area (Å²) in [5.41, 5.74) is 10.3. The zero-order chi connectivity index (χ0) is 18.8. The summed E-state index contributed by atoms with van der Waals surface area (Å²) in [6.07, 6.45) is 0. The first kappa shape index (κ1) is 18.6. The Balaban J connectivity index is 2.53. The third kappa shape index (κ3) is 5.12. The highest BCUT2D eigenvalue weighted by atomic mass is 16.2. The van der Waals surface area contributed by atoms with Crippen LogP contribution in [0.25, 0.3) is 0 Å². The minimum absolute atomic E-state index is 0.303. The summed E-state index contributed by atoms with van der Waals surface area (Å²) < 4.78 is 0. The van der Waals surface area contributed by atoms with Crippen molar-refractivity contribution >= 4 is 23.5 Å². The quantitative estimate of drug-likeness (QED) is 0.195. The Morgan fingerprint density at radius 1 is 0.654 bits per heavy atom. The number of nitrogens with one attached hydrogen (secondary N) is 4. The average Bonchev–Trinajstić information content (AvgIpc) is 2.71. The fraction of sp³-hybridized carbons (Fsp3) is 0. The highest BCUT2D eigenvalue weighted by Gasteiger charge is 2.16. The molecule has 0 radical (unpaired) electrons. The van der Waals surface area contributed by atoms with Crippen LogP contribution in [0.15, 0.2) is 70.9 Å². The molecule has 0 atom stereocenters. The van der Waals surface area contributed by atoms with Gasteiger partial charge in [0.15, 0.2) is 0 Å². The van der Waals surface area contributed by atoms with Gasteiger partial charge in [0.2, 0.25) is 0 Å². The van der Waals surface area contributed by atoms with Gasteiger partial charge in [0.05, 0.1) is 0 Å². The molecule has 2 aromatic carbocycles. The van der Waals surface area contributed by atoms with E-state index in [0.717, 1.165) is 0 Å². The zero-order valence-corrected chi connectivity index (χ0v) is 13.6. The van der Waals surface area contributed by atoms with Crippen molar-refractivity contribution in [3.05, 3.63) is 71.8 Å². The molecule has 0 saturated heterocycles. The molecule has 0 saturated carbocycles. The fourth-order valence-corrected chi connectivity index (χ4v) is 1.98. The number of hydrogen-bond donors (Lipinski definition) is 6. The molecule has 0 fully saturated rings. The van der Waals surface area contributed by atoms with Gasteiger partial charge < -0.3 is 0 Å². The van der Waals surface area contributed by atoms with Crippen LogP contribution in [0.2, 0.25) is 0 Å². The number of urea groups is 2. The number of carbonyl (C=O) groups is 2. The monoisotopic (exact) mass is 354 g/mol. The summed E-state index contributed by atoms with van der Waals surface area (Å²) in [7, 11) is 0. The number of rotatable bonds is 5. The third-order valence-electron chi connectivity index (χ3n) is 3.12. The molecule has 26 heavy (non-hydrogen) atoms. The average molecular weight is 354 g/mol. The molecular formula is C16H18N8O2. The second-order valence-corrected chi connectivity index (χ2v) is 4.82. The van der Waals surface area contributed by atoms with E-state index in [1.165, 1.54) is 0 Å². The Morgan fingerprint density at radius 2 is 1.00 bits per heavy atom. The second kappa shape index (κ2) is 9.52. The summed E-state index contributed by atoms with van der Waals surface area (Å²) in [4.78, 5) is 22.9. The Labute approximate surface area is 149 Å². The van der Waals surface area contributed by atoms with Crippen molar-refractivity contribution in [3.8, 4) is 0 Å². The first-order valence-electron chi connectivity index (χ1n) is 7.45. The Hall–Kier alpha value is -3.76. The predicted molar refractivity (Wildman–Crippen MR) is 97.7 cm³/mol. The molecule has 0 spiro atoms. The summed E-state index contributed by atoms with van der Waals surface area (Å²) in [6.45, 7) is 0. The number of nitrogens with two attached hydrogens (primary N) is 2. The topological polar surface area (TPSA) is 159 Å². The van der Waals surface area contributed by atoms with Crippen molar-refractivity contribution in [1.82, 2.24) is 21.7 Å². The highest BCUT2D eigenvalue weighted by molar-refractivity contribution is 6.53. The van der Waals surface area contributed by atoms with E-state index in [1.807, 2.05) is 23.0 Å². The van der Waals surface area contributed by atoms with E-state index < -0.39 is 12.1 Å². The van der Waals surface area contributed by atoms with E-state index in [9.17, 15) is 9.59 Å². The van der Waals surface area contributed by atoms with Crippen LogP contribution >= 0.6 is 0 Å². The molecule has 10 nitrogen and oxygen atoms in total. The molecule has 10 heteroatoms. The Bertz CT molecular complexity index is 736. The van der Waals surface area contributed by atoms with E-state index in [4.69, 9.17) is 11.7 Å². The normalized spacial score (nSPS) is 11.5. The third-order valence-corrected chi connectivity index (χ3v) is 3.12. The lowest BCUT2D eigenvalue weighted by Crippen LogP contribution is -2.39. The zero-order valence-electron chi connectivity index (χ0n) is 13.6. The number of hydrazine groups is 2. The molecule has 2 rings (SSSR count). The van der Waals surface area contributed by atoms with Gasteiger partial charge in [0, 0.05) is 11.1 Å². The number of carbonyl (C=O) groups excluding carboxylic acids is 2. The highest BCUT2D eigenvalue weighted by Crippen LogP contribution is 2.10. The molecule has 134 valence electrons. The summed E-state index contributed by atoms with van der Waals surface area (Å²) in [5.74, 6) is 10.1. The van der Waals surface area contributed by atoms with Crippen LogP contribution in [0.5, 0.6) is 0 Å². The van der Waals surface area contributed by atoms with Crippen molar-refractivity contribution in [2.45, 2.75) is 0 Å². The van der Waals surface area contributed by atoms with E-state index in [0.29, 0.717) is 22.6 Å². The van der Waals surface area contributed by atoms with E-state index >= 15 is 0 Å². The standard InChI is InChI=1S/C16H18N8O2/c17-19-15(25)23-21-13(11-7-3-1-4-8-11)14(22-24-16(26)20-18)12-9-5-2-6-10-12/h1-10H,17-18H2,(H2,19,23,25)(H2,20,24,26)/b21-13+,22-14+. The maximum absolute atomic E-state index is 11.4. The first-order valence-corrected chi connectivity index (χ1v) is 7.45. The van der Waals surface area contributed by atoms with Gasteiger partial charge in [-0.05, 0) is 0 Å². The van der Waals surface area contributed by atoms with Gasteiger partial charge in [-0.25, -0.2) is 32.1 Å². The molecule has 0 aliphatic carbocycles. The number of hydrazone groups is 2. The van der Waals surface area contributed by atoms with Gasteiger partial charge in [0.1, 0.15) is 11.4 Å². The van der Waals surface area contributed by atoms with E-state index in [2.05, 4.69) is 21.1 Å². The van der Waals surface area contributed by atoms with Gasteiger partial charge in [-0.2, -0.15) is 10.2 Å². The predicted octanol–water partition coefficient (Wildman–Crippen LogP) is 0.141. The smallest absolute Gasteiger partial charge is 0.274 e. The van der Waals surface area contributed by atoms with Gasteiger partial charge in [-0.15, -0.1) is 0 Å². The lowest BCUT2D eigenvalue weighted by Gasteiger charge is -2.11. The molecule has 0 unspecified atom stereocenters. The van der Waals surface area contributed by atoms with Gasteiger partial charge in [-0.3, -0.25) is 10.9 Å².